The summed E-state index contributed by atoms with van der Waals surface area (Å²) in [4.78, 5) is 0. The maximum atomic E-state index is 10.3. The molecule has 0 saturated carbocycles. The van der Waals surface area contributed by atoms with Gasteiger partial charge in [0.05, 0.1) is 0 Å². The highest BCUT2D eigenvalue weighted by Gasteiger charge is 2.17. The molecule has 106 valence electrons. The number of ether oxygens (including phenoxy) is 1. The van der Waals surface area contributed by atoms with Gasteiger partial charge in [-0.3, -0.25) is 0 Å². The quantitative estimate of drug-likeness (QED) is 0.769. The zero-order valence-corrected chi connectivity index (χ0v) is 11.9. The normalized spacial score (nSPS) is 13.8. The Labute approximate surface area is 124 Å². The lowest BCUT2D eigenvalue weighted by Crippen LogP contribution is -2.21. The molecule has 0 fully saturated rings. The van der Waals surface area contributed by atoms with Crippen molar-refractivity contribution in [1.29, 1.82) is 0 Å². The summed E-state index contributed by atoms with van der Waals surface area (Å²) in [6.07, 6.45) is -0.953. The molecule has 3 aromatic rings. The lowest BCUT2D eigenvalue weighted by atomic mass is 10.1. The van der Waals surface area contributed by atoms with E-state index in [1.165, 1.54) is 5.39 Å². The summed E-state index contributed by atoms with van der Waals surface area (Å²) in [6.45, 7) is 1.88. The highest BCUT2D eigenvalue weighted by atomic mass is 16.5. The zero-order chi connectivity index (χ0) is 14.7. The molecule has 3 rings (SSSR count). The second-order valence-corrected chi connectivity index (χ2v) is 5.19. The second kappa shape index (κ2) is 5.98. The van der Waals surface area contributed by atoms with Crippen LogP contribution in [0.15, 0.2) is 72.8 Å². The summed E-state index contributed by atoms with van der Waals surface area (Å²) in [7, 11) is 0. The van der Waals surface area contributed by atoms with Gasteiger partial charge in [-0.25, -0.2) is 0 Å². The van der Waals surface area contributed by atoms with Gasteiger partial charge in [-0.15, -0.1) is 0 Å². The van der Waals surface area contributed by atoms with E-state index in [4.69, 9.17) is 4.74 Å². The molecule has 0 bridgehead atoms. The minimum atomic E-state index is -0.641. The van der Waals surface area contributed by atoms with Gasteiger partial charge in [0.2, 0.25) is 0 Å². The third kappa shape index (κ3) is 3.06. The van der Waals surface area contributed by atoms with Crippen molar-refractivity contribution < 1.29 is 9.84 Å². The maximum Gasteiger partial charge on any atom is 0.126 e. The number of fused-ring (bicyclic) bond motifs is 1. The van der Waals surface area contributed by atoms with Gasteiger partial charge in [-0.05, 0) is 35.4 Å². The van der Waals surface area contributed by atoms with Gasteiger partial charge < -0.3 is 9.84 Å². The van der Waals surface area contributed by atoms with E-state index in [9.17, 15) is 5.11 Å². The minimum absolute atomic E-state index is 0.312. The number of benzene rings is 3. The summed E-state index contributed by atoms with van der Waals surface area (Å²) >= 11 is 0. The van der Waals surface area contributed by atoms with Crippen molar-refractivity contribution in [2.75, 3.05) is 0 Å². The molecule has 0 spiro atoms. The first-order valence-electron chi connectivity index (χ1n) is 7.12. The minimum Gasteiger partial charge on any atom is -0.488 e. The Morgan fingerprint density at radius 3 is 2.24 bits per heavy atom. The molecule has 0 aliphatic rings. The molecule has 0 radical (unpaired) electrons. The fourth-order valence-electron chi connectivity index (χ4n) is 2.44. The Balaban J connectivity index is 1.78. The first-order chi connectivity index (χ1) is 10.2. The highest BCUT2D eigenvalue weighted by Crippen LogP contribution is 2.25. The van der Waals surface area contributed by atoms with Crippen LogP contribution in [0.1, 0.15) is 18.6 Å². The first kappa shape index (κ1) is 13.7. The van der Waals surface area contributed by atoms with Crippen molar-refractivity contribution in [2.24, 2.45) is 0 Å². The number of hydrogen-bond donors (Lipinski definition) is 1. The van der Waals surface area contributed by atoms with Crippen LogP contribution in [0.3, 0.4) is 0 Å². The van der Waals surface area contributed by atoms with Crippen LogP contribution < -0.4 is 4.74 Å². The molecule has 2 heteroatoms. The van der Waals surface area contributed by atoms with Gasteiger partial charge in [0.15, 0.2) is 0 Å². The summed E-state index contributed by atoms with van der Waals surface area (Å²) in [5.74, 6) is 0.774. The molecule has 1 N–H and O–H groups in total. The van der Waals surface area contributed by atoms with Gasteiger partial charge >= 0.3 is 0 Å². The van der Waals surface area contributed by atoms with Crippen molar-refractivity contribution >= 4 is 10.8 Å². The van der Waals surface area contributed by atoms with Crippen molar-refractivity contribution in [1.82, 2.24) is 0 Å². The molecule has 0 aliphatic carbocycles. The third-order valence-corrected chi connectivity index (χ3v) is 3.63. The van der Waals surface area contributed by atoms with E-state index in [2.05, 4.69) is 12.1 Å². The molecular weight excluding hydrogens is 260 g/mol. The van der Waals surface area contributed by atoms with Crippen LogP contribution in [0.2, 0.25) is 0 Å². The first-order valence-corrected chi connectivity index (χ1v) is 7.12. The lowest BCUT2D eigenvalue weighted by Gasteiger charge is -2.21. The van der Waals surface area contributed by atoms with E-state index in [1.54, 1.807) is 0 Å². The Bertz CT molecular complexity index is 722. The summed E-state index contributed by atoms with van der Waals surface area (Å²) in [5.41, 5.74) is 0.866. The van der Waals surface area contributed by atoms with E-state index in [1.807, 2.05) is 67.6 Å². The average molecular weight is 278 g/mol. The predicted molar refractivity (Wildman–Crippen MR) is 85.4 cm³/mol. The van der Waals surface area contributed by atoms with Gasteiger partial charge in [0.1, 0.15) is 18.0 Å². The number of hydrogen-bond acceptors (Lipinski definition) is 2. The van der Waals surface area contributed by atoms with E-state index in [0.717, 1.165) is 16.7 Å². The topological polar surface area (TPSA) is 29.5 Å². The second-order valence-electron chi connectivity index (χ2n) is 5.19. The van der Waals surface area contributed by atoms with Crippen LogP contribution in [0.4, 0.5) is 0 Å². The molecular formula is C19H18O2. The fourth-order valence-corrected chi connectivity index (χ4v) is 2.44. The van der Waals surface area contributed by atoms with Gasteiger partial charge in [-0.1, -0.05) is 60.7 Å². The SMILES string of the molecule is CC(Oc1ccc2ccccc2c1)C(O)c1ccccc1. The van der Waals surface area contributed by atoms with Crippen molar-refractivity contribution in [3.8, 4) is 5.75 Å². The van der Waals surface area contributed by atoms with E-state index in [0.29, 0.717) is 0 Å². The monoisotopic (exact) mass is 278 g/mol. The van der Waals surface area contributed by atoms with Crippen molar-refractivity contribution in [3.63, 3.8) is 0 Å². The fraction of sp³-hybridized carbons (Fsp3) is 0.158. The standard InChI is InChI=1S/C19H18O2/c1-14(19(20)16-8-3-2-4-9-16)21-18-12-11-15-7-5-6-10-17(15)13-18/h2-14,19-20H,1H3. The van der Waals surface area contributed by atoms with Gasteiger partial charge in [0, 0.05) is 0 Å². The van der Waals surface area contributed by atoms with Crippen molar-refractivity contribution in [3.05, 3.63) is 78.4 Å². The predicted octanol–water partition coefficient (Wildman–Crippen LogP) is 4.34. The van der Waals surface area contributed by atoms with Crippen LogP contribution in [0, 0.1) is 0 Å². The molecule has 2 atom stereocenters. The van der Waals surface area contributed by atoms with Gasteiger partial charge in [-0.2, -0.15) is 0 Å². The molecule has 0 aliphatic heterocycles. The molecule has 3 aromatic carbocycles. The van der Waals surface area contributed by atoms with E-state index in [-0.39, 0.29) is 6.10 Å². The molecule has 0 aromatic heterocycles. The highest BCUT2D eigenvalue weighted by molar-refractivity contribution is 5.83. The van der Waals surface area contributed by atoms with Crippen LogP contribution in [-0.4, -0.2) is 11.2 Å². The molecule has 21 heavy (non-hydrogen) atoms. The molecule has 0 amide bonds. The number of aliphatic hydroxyl groups excluding tert-OH is 1. The summed E-state index contributed by atoms with van der Waals surface area (Å²) in [5, 5.41) is 12.7. The smallest absolute Gasteiger partial charge is 0.126 e. The van der Waals surface area contributed by atoms with Crippen LogP contribution in [0.25, 0.3) is 10.8 Å². The number of aliphatic hydroxyl groups is 1. The Morgan fingerprint density at radius 1 is 0.810 bits per heavy atom. The largest absolute Gasteiger partial charge is 0.488 e. The zero-order valence-electron chi connectivity index (χ0n) is 11.9. The summed E-state index contributed by atoms with van der Waals surface area (Å²) < 4.78 is 5.89. The lowest BCUT2D eigenvalue weighted by molar-refractivity contribution is 0.0468. The average Bonchev–Trinajstić information content (AvgIpc) is 2.55. The Kier molecular flexibility index (Phi) is 3.89. The Hall–Kier alpha value is -2.32. The van der Waals surface area contributed by atoms with Crippen LogP contribution >= 0.6 is 0 Å². The van der Waals surface area contributed by atoms with Crippen molar-refractivity contribution in [2.45, 2.75) is 19.1 Å². The number of rotatable bonds is 4. The van der Waals surface area contributed by atoms with E-state index < -0.39 is 6.10 Å². The van der Waals surface area contributed by atoms with Crippen LogP contribution in [-0.2, 0) is 0 Å². The molecule has 2 nitrogen and oxygen atoms in total. The molecule has 2 unspecified atom stereocenters. The van der Waals surface area contributed by atoms with Gasteiger partial charge in [0.25, 0.3) is 0 Å². The third-order valence-electron chi connectivity index (χ3n) is 3.63. The summed E-state index contributed by atoms with van der Waals surface area (Å²) in [6, 6.07) is 23.7. The molecule has 0 saturated heterocycles. The molecule has 0 heterocycles. The van der Waals surface area contributed by atoms with E-state index >= 15 is 0 Å². The Morgan fingerprint density at radius 2 is 1.48 bits per heavy atom. The van der Waals surface area contributed by atoms with Crippen LogP contribution in [0.5, 0.6) is 5.75 Å². The maximum absolute atomic E-state index is 10.3.